The maximum absolute atomic E-state index is 12.3. The monoisotopic (exact) mass is 264 g/mol. The zero-order chi connectivity index (χ0) is 14.0. The fourth-order valence-electron chi connectivity index (χ4n) is 2.26. The molecule has 2 rings (SSSR count). The smallest absolute Gasteiger partial charge is 0.270 e. The average Bonchev–Trinajstić information content (AvgIpc) is 2.38. The van der Waals surface area contributed by atoms with E-state index < -0.39 is 11.0 Å². The lowest BCUT2D eigenvalue weighted by Crippen LogP contribution is -2.42. The largest absolute Gasteiger partial charge is 0.391 e. The molecule has 1 N–H and O–H groups in total. The molecule has 1 aromatic carbocycles. The molecule has 1 unspecified atom stereocenters. The number of β-amino-alcohol motifs (C(OH)–C–C–N with tert-alkyl or cyclic N) is 1. The number of hydrogen-bond donors (Lipinski definition) is 1. The first-order valence-corrected chi connectivity index (χ1v) is 6.21. The van der Waals surface area contributed by atoms with Crippen LogP contribution in [0.15, 0.2) is 18.2 Å². The van der Waals surface area contributed by atoms with Crippen LogP contribution in [0.4, 0.5) is 5.69 Å². The Morgan fingerprint density at radius 3 is 2.89 bits per heavy atom. The van der Waals surface area contributed by atoms with E-state index in [1.807, 2.05) is 0 Å². The van der Waals surface area contributed by atoms with E-state index in [0.717, 1.165) is 6.42 Å². The molecule has 0 aromatic heterocycles. The van der Waals surface area contributed by atoms with E-state index in [0.29, 0.717) is 30.6 Å². The normalized spacial score (nSPS) is 19.3. The first-order valence-electron chi connectivity index (χ1n) is 6.21. The van der Waals surface area contributed by atoms with Crippen LogP contribution in [0.1, 0.15) is 28.8 Å². The van der Waals surface area contributed by atoms with Gasteiger partial charge < -0.3 is 10.0 Å². The van der Waals surface area contributed by atoms with Gasteiger partial charge in [-0.2, -0.15) is 0 Å². The summed E-state index contributed by atoms with van der Waals surface area (Å²) >= 11 is 0. The number of aliphatic hydroxyl groups is 1. The molecule has 1 amide bonds. The van der Waals surface area contributed by atoms with Gasteiger partial charge in [-0.25, -0.2) is 0 Å². The summed E-state index contributed by atoms with van der Waals surface area (Å²) < 4.78 is 0. The molecular formula is C13H16N2O4. The number of likely N-dealkylation sites (tertiary alicyclic amines) is 1. The molecule has 1 heterocycles. The number of aryl methyl sites for hydroxylation is 1. The summed E-state index contributed by atoms with van der Waals surface area (Å²) in [6, 6.07) is 4.27. The topological polar surface area (TPSA) is 83.7 Å². The molecule has 102 valence electrons. The van der Waals surface area contributed by atoms with Crippen LogP contribution in [0.5, 0.6) is 0 Å². The van der Waals surface area contributed by atoms with Crippen molar-refractivity contribution < 1.29 is 14.8 Å². The van der Waals surface area contributed by atoms with Crippen molar-refractivity contribution in [2.45, 2.75) is 25.9 Å². The predicted octanol–water partition coefficient (Wildman–Crippen LogP) is 1.50. The fraction of sp³-hybridized carbons (Fsp3) is 0.462. The molecule has 1 fully saturated rings. The molecule has 19 heavy (non-hydrogen) atoms. The van der Waals surface area contributed by atoms with Crippen LogP contribution >= 0.6 is 0 Å². The minimum atomic E-state index is -0.513. The Balaban J connectivity index is 2.27. The number of nitro groups is 1. The summed E-state index contributed by atoms with van der Waals surface area (Å²) in [4.78, 5) is 24.1. The van der Waals surface area contributed by atoms with Crippen molar-refractivity contribution in [1.29, 1.82) is 0 Å². The number of aliphatic hydroxyl groups excluding tert-OH is 1. The first kappa shape index (κ1) is 13.5. The second-order valence-corrected chi connectivity index (χ2v) is 4.80. The summed E-state index contributed by atoms with van der Waals surface area (Å²) in [6.45, 7) is 2.62. The Morgan fingerprint density at radius 2 is 2.26 bits per heavy atom. The predicted molar refractivity (Wildman–Crippen MR) is 69.0 cm³/mol. The number of benzene rings is 1. The number of carbonyl (C=O) groups is 1. The van der Waals surface area contributed by atoms with Crippen molar-refractivity contribution in [2.75, 3.05) is 13.1 Å². The molecule has 1 aromatic rings. The average molecular weight is 264 g/mol. The van der Waals surface area contributed by atoms with Crippen molar-refractivity contribution in [3.05, 3.63) is 39.4 Å². The van der Waals surface area contributed by atoms with E-state index in [-0.39, 0.29) is 11.6 Å². The molecule has 0 spiro atoms. The third-order valence-electron chi connectivity index (χ3n) is 3.35. The third-order valence-corrected chi connectivity index (χ3v) is 3.35. The number of non-ortho nitro benzene ring substituents is 1. The highest BCUT2D eigenvalue weighted by molar-refractivity contribution is 5.96. The van der Waals surface area contributed by atoms with E-state index in [4.69, 9.17) is 0 Å². The Bertz CT molecular complexity index is 515. The van der Waals surface area contributed by atoms with E-state index >= 15 is 0 Å². The van der Waals surface area contributed by atoms with Crippen LogP contribution < -0.4 is 0 Å². The van der Waals surface area contributed by atoms with Gasteiger partial charge in [0, 0.05) is 30.8 Å². The van der Waals surface area contributed by atoms with Gasteiger partial charge in [-0.15, -0.1) is 0 Å². The number of nitrogens with zero attached hydrogens (tertiary/aromatic N) is 2. The van der Waals surface area contributed by atoms with Crippen LogP contribution in [0.25, 0.3) is 0 Å². The van der Waals surface area contributed by atoms with Crippen LogP contribution in [0, 0.1) is 17.0 Å². The van der Waals surface area contributed by atoms with Gasteiger partial charge in [0.25, 0.3) is 11.6 Å². The molecule has 1 atom stereocenters. The summed E-state index contributed by atoms with van der Waals surface area (Å²) in [5.74, 6) is -0.250. The molecule has 0 saturated carbocycles. The number of amides is 1. The minimum Gasteiger partial charge on any atom is -0.391 e. The molecule has 6 nitrogen and oxygen atoms in total. The SMILES string of the molecule is Cc1ccc([N+](=O)[O-])cc1C(=O)N1CCCC(O)C1. The number of carbonyl (C=O) groups excluding carboxylic acids is 1. The summed E-state index contributed by atoms with van der Waals surface area (Å²) in [6.07, 6.45) is 0.940. The number of nitro benzene ring substituents is 1. The standard InChI is InChI=1S/C13H16N2O4/c1-9-4-5-10(15(18)19)7-12(9)13(17)14-6-2-3-11(16)8-14/h4-5,7,11,16H,2-3,6,8H2,1H3. The van der Waals surface area contributed by atoms with Crippen LogP contribution in [-0.2, 0) is 0 Å². The number of piperidine rings is 1. The van der Waals surface area contributed by atoms with E-state index in [1.165, 1.54) is 12.1 Å². The van der Waals surface area contributed by atoms with Gasteiger partial charge in [0.2, 0.25) is 0 Å². The van der Waals surface area contributed by atoms with Crippen LogP contribution in [0.2, 0.25) is 0 Å². The quantitative estimate of drug-likeness (QED) is 0.648. The Labute approximate surface area is 110 Å². The van der Waals surface area contributed by atoms with Crippen LogP contribution in [0.3, 0.4) is 0 Å². The molecule has 1 saturated heterocycles. The van der Waals surface area contributed by atoms with Gasteiger partial charge in [-0.3, -0.25) is 14.9 Å². The highest BCUT2D eigenvalue weighted by Crippen LogP contribution is 2.21. The van der Waals surface area contributed by atoms with Crippen molar-refractivity contribution in [3.8, 4) is 0 Å². The second-order valence-electron chi connectivity index (χ2n) is 4.80. The molecule has 6 heteroatoms. The van der Waals surface area contributed by atoms with E-state index in [1.54, 1.807) is 17.9 Å². The Kier molecular flexibility index (Phi) is 3.80. The summed E-state index contributed by atoms with van der Waals surface area (Å²) in [7, 11) is 0. The minimum absolute atomic E-state index is 0.0912. The Hall–Kier alpha value is -1.95. The molecular weight excluding hydrogens is 248 g/mol. The third kappa shape index (κ3) is 2.90. The van der Waals surface area contributed by atoms with Gasteiger partial charge in [0.1, 0.15) is 0 Å². The van der Waals surface area contributed by atoms with Gasteiger partial charge in [0.05, 0.1) is 11.0 Å². The van der Waals surface area contributed by atoms with Gasteiger partial charge in [0.15, 0.2) is 0 Å². The molecule has 1 aliphatic heterocycles. The Morgan fingerprint density at radius 1 is 1.53 bits per heavy atom. The highest BCUT2D eigenvalue weighted by atomic mass is 16.6. The van der Waals surface area contributed by atoms with Crippen molar-refractivity contribution >= 4 is 11.6 Å². The van der Waals surface area contributed by atoms with Crippen molar-refractivity contribution in [1.82, 2.24) is 4.90 Å². The maximum atomic E-state index is 12.3. The van der Waals surface area contributed by atoms with Crippen molar-refractivity contribution in [3.63, 3.8) is 0 Å². The molecule has 0 radical (unpaired) electrons. The van der Waals surface area contributed by atoms with Gasteiger partial charge >= 0.3 is 0 Å². The number of rotatable bonds is 2. The molecule has 1 aliphatic rings. The zero-order valence-electron chi connectivity index (χ0n) is 10.7. The van der Waals surface area contributed by atoms with Gasteiger partial charge in [-0.1, -0.05) is 6.07 Å². The zero-order valence-corrected chi connectivity index (χ0v) is 10.7. The van der Waals surface area contributed by atoms with Crippen LogP contribution in [-0.4, -0.2) is 40.0 Å². The summed E-state index contributed by atoms with van der Waals surface area (Å²) in [5.41, 5.74) is 0.950. The second kappa shape index (κ2) is 5.36. The van der Waals surface area contributed by atoms with E-state index in [2.05, 4.69) is 0 Å². The first-order chi connectivity index (χ1) is 8.99. The summed E-state index contributed by atoms with van der Waals surface area (Å²) in [5, 5.41) is 20.3. The maximum Gasteiger partial charge on any atom is 0.270 e. The lowest BCUT2D eigenvalue weighted by molar-refractivity contribution is -0.384. The van der Waals surface area contributed by atoms with Gasteiger partial charge in [-0.05, 0) is 25.3 Å². The molecule has 0 aliphatic carbocycles. The van der Waals surface area contributed by atoms with Crippen molar-refractivity contribution in [2.24, 2.45) is 0 Å². The molecule has 0 bridgehead atoms. The lowest BCUT2D eigenvalue weighted by Gasteiger charge is -2.30. The highest BCUT2D eigenvalue weighted by Gasteiger charge is 2.25. The number of hydrogen-bond acceptors (Lipinski definition) is 4. The fourth-order valence-corrected chi connectivity index (χ4v) is 2.26. The van der Waals surface area contributed by atoms with E-state index in [9.17, 15) is 20.0 Å². The lowest BCUT2D eigenvalue weighted by atomic mass is 10.0.